The molecule has 5 rings (SSSR count). The number of nitrogens with one attached hydrogen (secondary N) is 1. The van der Waals surface area contributed by atoms with Gasteiger partial charge in [0.25, 0.3) is 0 Å². The summed E-state index contributed by atoms with van der Waals surface area (Å²) in [6.07, 6.45) is 2.17. The second kappa shape index (κ2) is 11.8. The molecule has 5 aromatic rings. The molecule has 0 radical (unpaired) electrons. The third-order valence-electron chi connectivity index (χ3n) is 6.40. The number of aromatic amines is 1. The minimum atomic E-state index is -3.37. The summed E-state index contributed by atoms with van der Waals surface area (Å²) in [5.74, 6) is -0.108. The van der Waals surface area contributed by atoms with Crippen LogP contribution in [0.4, 0.5) is 0 Å². The van der Waals surface area contributed by atoms with Crippen molar-refractivity contribution in [3.8, 4) is 28.8 Å². The van der Waals surface area contributed by atoms with Crippen molar-refractivity contribution in [3.05, 3.63) is 83.9 Å². The second-order valence-corrected chi connectivity index (χ2v) is 11.4. The number of sulfone groups is 1. The first-order valence-corrected chi connectivity index (χ1v) is 14.7. The van der Waals surface area contributed by atoms with E-state index >= 15 is 0 Å². The van der Waals surface area contributed by atoms with Gasteiger partial charge in [-0.15, -0.1) is 0 Å². The smallest absolute Gasteiger partial charge is 0.329 e. The fourth-order valence-corrected chi connectivity index (χ4v) is 4.98. The lowest BCUT2D eigenvalue weighted by molar-refractivity contribution is -0.142. The van der Waals surface area contributed by atoms with Crippen LogP contribution >= 0.6 is 0 Å². The minimum Gasteiger partial charge on any atom is -0.493 e. The second-order valence-electron chi connectivity index (χ2n) is 9.38. The van der Waals surface area contributed by atoms with Gasteiger partial charge in [-0.05, 0) is 54.8 Å². The number of H-pyrrole nitrogens is 1. The molecule has 11 nitrogen and oxygen atoms in total. The number of carbonyl (C=O) groups is 1. The molecular formula is C29H28N4O7S. The van der Waals surface area contributed by atoms with E-state index in [1.807, 2.05) is 48.5 Å². The minimum absolute atomic E-state index is 0.0624. The molecule has 0 aliphatic heterocycles. The number of aliphatic carboxylic acids is 1. The molecule has 212 valence electrons. The van der Waals surface area contributed by atoms with E-state index in [0.29, 0.717) is 41.4 Å². The fraction of sp³-hybridized carbons (Fsp3) is 0.207. The van der Waals surface area contributed by atoms with Crippen LogP contribution in [0.2, 0.25) is 0 Å². The summed E-state index contributed by atoms with van der Waals surface area (Å²) in [7, 11) is -3.37. The highest BCUT2D eigenvalue weighted by atomic mass is 32.2. The summed E-state index contributed by atoms with van der Waals surface area (Å²) >= 11 is 0. The average Bonchev–Trinajstić information content (AvgIpc) is 3.52. The van der Waals surface area contributed by atoms with Crippen molar-refractivity contribution in [1.82, 2.24) is 19.7 Å². The number of para-hydroxylation sites is 2. The molecule has 0 spiro atoms. The van der Waals surface area contributed by atoms with Crippen molar-refractivity contribution in [1.29, 1.82) is 0 Å². The van der Waals surface area contributed by atoms with E-state index in [0.717, 1.165) is 22.9 Å². The third-order valence-corrected chi connectivity index (χ3v) is 7.53. The van der Waals surface area contributed by atoms with Gasteiger partial charge in [0.2, 0.25) is 11.8 Å². The zero-order valence-electron chi connectivity index (χ0n) is 22.1. The summed E-state index contributed by atoms with van der Waals surface area (Å²) in [6.45, 7) is 0.0192. The molecule has 0 amide bonds. The molecule has 0 bridgehead atoms. The maximum absolute atomic E-state index is 12.0. The molecule has 0 aliphatic rings. The van der Waals surface area contributed by atoms with Crippen LogP contribution in [0.15, 0.2) is 77.7 Å². The van der Waals surface area contributed by atoms with E-state index in [1.165, 1.54) is 16.8 Å². The number of benzene rings is 3. The molecule has 41 heavy (non-hydrogen) atoms. The molecular weight excluding hydrogens is 548 g/mol. The number of imidazole rings is 1. The van der Waals surface area contributed by atoms with E-state index in [2.05, 4.69) is 15.1 Å². The Morgan fingerprint density at radius 1 is 0.976 bits per heavy atom. The number of aryl methyl sites for hydroxylation is 1. The topological polar surface area (TPSA) is 157 Å². The summed E-state index contributed by atoms with van der Waals surface area (Å²) in [4.78, 5) is 18.4. The Morgan fingerprint density at radius 3 is 2.39 bits per heavy atom. The highest BCUT2D eigenvalue weighted by molar-refractivity contribution is 7.90. The van der Waals surface area contributed by atoms with Crippen molar-refractivity contribution < 1.29 is 32.9 Å². The maximum Gasteiger partial charge on any atom is 0.329 e. The fourth-order valence-electron chi connectivity index (χ4n) is 4.35. The number of fused-ring (bicyclic) bond motifs is 1. The number of carboxylic acid groups (broad SMARTS) is 1. The highest BCUT2D eigenvalue weighted by Gasteiger charge is 2.22. The molecule has 3 aromatic carbocycles. The normalized spacial score (nSPS) is 11.6. The number of hydrogen-bond donors (Lipinski definition) is 3. The molecule has 0 atom stereocenters. The first-order chi connectivity index (χ1) is 19.7. The van der Waals surface area contributed by atoms with Crippen molar-refractivity contribution in [2.75, 3.05) is 26.1 Å². The summed E-state index contributed by atoms with van der Waals surface area (Å²) in [5.41, 5.74) is 4.29. The first kappa shape index (κ1) is 27.9. The van der Waals surface area contributed by atoms with Gasteiger partial charge in [0.05, 0.1) is 22.5 Å². The Bertz CT molecular complexity index is 1740. The Morgan fingerprint density at radius 2 is 1.71 bits per heavy atom. The molecule has 2 aromatic heterocycles. The predicted octanol–water partition coefficient (Wildman–Crippen LogP) is 3.79. The van der Waals surface area contributed by atoms with Crippen LogP contribution in [0.5, 0.6) is 11.6 Å². The lowest BCUT2D eigenvalue weighted by atomic mass is 10.0. The van der Waals surface area contributed by atoms with Crippen LogP contribution in [0.1, 0.15) is 11.1 Å². The van der Waals surface area contributed by atoms with Gasteiger partial charge >= 0.3 is 5.97 Å². The quantitative estimate of drug-likeness (QED) is 0.188. The summed E-state index contributed by atoms with van der Waals surface area (Å²) in [6, 6.07) is 21.4. The Hall–Kier alpha value is -4.68. The number of hydrogen-bond acceptors (Lipinski definition) is 8. The van der Waals surface area contributed by atoms with Gasteiger partial charge in [0.15, 0.2) is 9.84 Å². The van der Waals surface area contributed by atoms with Gasteiger partial charge in [-0.25, -0.2) is 18.2 Å². The van der Waals surface area contributed by atoms with Crippen LogP contribution in [-0.2, 0) is 32.2 Å². The molecule has 0 fully saturated rings. The number of rotatable bonds is 12. The lowest BCUT2D eigenvalue weighted by Crippen LogP contribution is -2.12. The zero-order valence-corrected chi connectivity index (χ0v) is 23.0. The Balaban J connectivity index is 1.38. The van der Waals surface area contributed by atoms with Gasteiger partial charge in [0.1, 0.15) is 24.7 Å². The first-order valence-electron chi connectivity index (χ1n) is 12.8. The SMILES string of the molecule is CS(=O)(=O)c1ccc(-c2nn(-c3nc4ccccc4[nH]3)c(O)c2CCc2ccc(OCCOCC(=O)O)cc2)cc1. The van der Waals surface area contributed by atoms with Crippen LogP contribution < -0.4 is 4.74 Å². The molecule has 0 aliphatic carbocycles. The molecule has 0 unspecified atom stereocenters. The van der Waals surface area contributed by atoms with Gasteiger partial charge in [-0.3, -0.25) is 0 Å². The Labute approximate surface area is 235 Å². The maximum atomic E-state index is 12.0. The van der Waals surface area contributed by atoms with Crippen molar-refractivity contribution in [2.45, 2.75) is 17.7 Å². The van der Waals surface area contributed by atoms with Crippen LogP contribution in [-0.4, -0.2) is 70.4 Å². The molecule has 3 N–H and O–H groups in total. The van der Waals surface area contributed by atoms with Crippen LogP contribution in [0.3, 0.4) is 0 Å². The lowest BCUT2D eigenvalue weighted by Gasteiger charge is -2.08. The molecule has 0 saturated carbocycles. The molecule has 2 heterocycles. The standard InChI is InChI=1S/C29H28N4O7S/c1-41(37,38)22-13-9-20(10-14-22)27-23(28(36)33(32-27)29-30-24-4-2-3-5-25(24)31-29)15-8-19-6-11-21(12-7-19)40-17-16-39-18-26(34)35/h2-7,9-14,36H,8,15-18H2,1H3,(H,30,31)(H,34,35). The van der Waals surface area contributed by atoms with E-state index < -0.39 is 15.8 Å². The van der Waals surface area contributed by atoms with Crippen LogP contribution in [0, 0.1) is 0 Å². The Kier molecular flexibility index (Phi) is 8.04. The number of nitrogens with zero attached hydrogens (tertiary/aromatic N) is 3. The average molecular weight is 577 g/mol. The van der Waals surface area contributed by atoms with E-state index in [9.17, 15) is 18.3 Å². The van der Waals surface area contributed by atoms with Gasteiger partial charge < -0.3 is 24.7 Å². The number of ether oxygens (including phenoxy) is 2. The zero-order chi connectivity index (χ0) is 29.0. The van der Waals surface area contributed by atoms with E-state index in [-0.39, 0.29) is 30.6 Å². The summed E-state index contributed by atoms with van der Waals surface area (Å²) < 4.78 is 35.8. The van der Waals surface area contributed by atoms with Gasteiger partial charge in [0, 0.05) is 17.4 Å². The molecule has 0 saturated heterocycles. The van der Waals surface area contributed by atoms with Crippen molar-refractivity contribution >= 4 is 26.8 Å². The number of aromatic hydroxyl groups is 1. The monoisotopic (exact) mass is 576 g/mol. The van der Waals surface area contributed by atoms with Crippen molar-refractivity contribution in [2.24, 2.45) is 0 Å². The third kappa shape index (κ3) is 6.56. The van der Waals surface area contributed by atoms with E-state index in [4.69, 9.17) is 14.6 Å². The summed E-state index contributed by atoms with van der Waals surface area (Å²) in [5, 5.41) is 24.6. The van der Waals surface area contributed by atoms with Gasteiger partial charge in [-0.1, -0.05) is 36.4 Å². The molecule has 12 heteroatoms. The largest absolute Gasteiger partial charge is 0.493 e. The highest BCUT2D eigenvalue weighted by Crippen LogP contribution is 2.33. The van der Waals surface area contributed by atoms with Crippen molar-refractivity contribution in [3.63, 3.8) is 0 Å². The predicted molar refractivity (Wildman–Crippen MR) is 151 cm³/mol. The number of aromatic nitrogens is 4. The van der Waals surface area contributed by atoms with E-state index in [1.54, 1.807) is 12.1 Å². The van der Waals surface area contributed by atoms with Gasteiger partial charge in [-0.2, -0.15) is 9.78 Å². The number of carboxylic acids is 1. The van der Waals surface area contributed by atoms with Crippen LogP contribution in [0.25, 0.3) is 28.2 Å².